The third-order valence-corrected chi connectivity index (χ3v) is 5.37. The third kappa shape index (κ3) is 4.97. The van der Waals surface area contributed by atoms with Gasteiger partial charge in [0.15, 0.2) is 0 Å². The first-order valence-corrected chi connectivity index (χ1v) is 10.2. The first-order chi connectivity index (χ1) is 14.2. The van der Waals surface area contributed by atoms with Gasteiger partial charge in [0.2, 0.25) is 0 Å². The van der Waals surface area contributed by atoms with Gasteiger partial charge in [0.25, 0.3) is 0 Å². The molecule has 0 N–H and O–H groups in total. The van der Waals surface area contributed by atoms with Crippen LogP contribution in [0.15, 0.2) is 101 Å². The van der Waals surface area contributed by atoms with Crippen molar-refractivity contribution in [3.05, 3.63) is 119 Å². The van der Waals surface area contributed by atoms with Gasteiger partial charge in [0, 0.05) is 23.0 Å². The summed E-state index contributed by atoms with van der Waals surface area (Å²) in [6, 6.07) is 33.2. The van der Waals surface area contributed by atoms with E-state index in [0.29, 0.717) is 5.92 Å². The van der Waals surface area contributed by atoms with Crippen LogP contribution >= 0.6 is 11.6 Å². The molecule has 0 amide bonds. The molecule has 0 saturated carbocycles. The monoisotopic (exact) mass is 401 g/mol. The lowest BCUT2D eigenvalue weighted by Gasteiger charge is -2.24. The Balaban J connectivity index is 1.49. The van der Waals surface area contributed by atoms with Gasteiger partial charge in [-0.2, -0.15) is 0 Å². The highest BCUT2D eigenvalue weighted by atomic mass is 35.5. The lowest BCUT2D eigenvalue weighted by Crippen LogP contribution is -2.24. The van der Waals surface area contributed by atoms with Crippen LogP contribution in [0.4, 0.5) is 0 Å². The molecular formula is C26H24ClNO. The maximum Gasteiger partial charge on any atom is 0.134 e. The highest BCUT2D eigenvalue weighted by Crippen LogP contribution is 2.27. The molecule has 0 spiro atoms. The maximum absolute atomic E-state index is 6.09. The minimum Gasteiger partial charge on any atom is -0.460 e. The van der Waals surface area contributed by atoms with E-state index in [4.69, 9.17) is 16.0 Å². The smallest absolute Gasteiger partial charge is 0.134 e. The molecule has 29 heavy (non-hydrogen) atoms. The van der Waals surface area contributed by atoms with E-state index in [-0.39, 0.29) is 0 Å². The summed E-state index contributed by atoms with van der Waals surface area (Å²) >= 11 is 5.99. The molecule has 3 aromatic carbocycles. The minimum atomic E-state index is 0.313. The Kier molecular flexibility index (Phi) is 6.14. The Labute approximate surface area is 177 Å². The zero-order chi connectivity index (χ0) is 20.1. The van der Waals surface area contributed by atoms with Gasteiger partial charge in [-0.25, -0.2) is 0 Å². The van der Waals surface area contributed by atoms with Gasteiger partial charge < -0.3 is 4.42 Å². The van der Waals surface area contributed by atoms with E-state index >= 15 is 0 Å². The average molecular weight is 402 g/mol. The Bertz CT molecular complexity index is 986. The van der Waals surface area contributed by atoms with E-state index < -0.39 is 0 Å². The molecule has 0 fully saturated rings. The highest BCUT2D eigenvalue weighted by Gasteiger charge is 2.17. The summed E-state index contributed by atoms with van der Waals surface area (Å²) in [5, 5.41) is 0.730. The lowest BCUT2D eigenvalue weighted by atomic mass is 9.91. The van der Waals surface area contributed by atoms with Crippen molar-refractivity contribution in [2.24, 2.45) is 0 Å². The van der Waals surface area contributed by atoms with Crippen LogP contribution in [0, 0.1) is 0 Å². The highest BCUT2D eigenvalue weighted by molar-refractivity contribution is 6.30. The summed E-state index contributed by atoms with van der Waals surface area (Å²) in [7, 11) is 2.14. The molecule has 0 aliphatic heterocycles. The molecule has 3 heteroatoms. The number of hydrogen-bond donors (Lipinski definition) is 0. The Morgan fingerprint density at radius 1 is 0.759 bits per heavy atom. The van der Waals surface area contributed by atoms with Crippen molar-refractivity contribution in [3.8, 4) is 11.3 Å². The molecular weight excluding hydrogens is 378 g/mol. The molecule has 0 aliphatic carbocycles. The van der Waals surface area contributed by atoms with Crippen molar-refractivity contribution in [3.63, 3.8) is 0 Å². The normalized spacial score (nSPS) is 11.3. The van der Waals surface area contributed by atoms with E-state index in [1.165, 1.54) is 11.1 Å². The van der Waals surface area contributed by atoms with Gasteiger partial charge in [-0.05, 0) is 54.6 Å². The van der Waals surface area contributed by atoms with Crippen molar-refractivity contribution >= 4 is 11.6 Å². The molecule has 0 radical (unpaired) electrons. The topological polar surface area (TPSA) is 16.4 Å². The number of benzene rings is 3. The van der Waals surface area contributed by atoms with Gasteiger partial charge >= 0.3 is 0 Å². The van der Waals surface area contributed by atoms with Crippen LogP contribution in [0.2, 0.25) is 5.02 Å². The predicted octanol–water partition coefficient (Wildman–Crippen LogP) is 6.86. The fourth-order valence-electron chi connectivity index (χ4n) is 3.65. The number of rotatable bonds is 7. The zero-order valence-electron chi connectivity index (χ0n) is 16.5. The second-order valence-corrected chi connectivity index (χ2v) is 7.78. The van der Waals surface area contributed by atoms with E-state index in [2.05, 4.69) is 78.7 Å². The molecule has 0 unspecified atom stereocenters. The van der Waals surface area contributed by atoms with Gasteiger partial charge in [0.05, 0.1) is 6.54 Å². The van der Waals surface area contributed by atoms with Crippen molar-refractivity contribution in [2.45, 2.75) is 12.5 Å². The Morgan fingerprint density at radius 3 is 1.93 bits per heavy atom. The molecule has 4 rings (SSSR count). The predicted molar refractivity (Wildman–Crippen MR) is 120 cm³/mol. The first-order valence-electron chi connectivity index (χ1n) is 9.82. The van der Waals surface area contributed by atoms with Gasteiger partial charge in [0.1, 0.15) is 11.5 Å². The van der Waals surface area contributed by atoms with Gasteiger partial charge in [-0.15, -0.1) is 0 Å². The summed E-state index contributed by atoms with van der Waals surface area (Å²) in [6.45, 7) is 1.66. The number of furan rings is 1. The van der Waals surface area contributed by atoms with Gasteiger partial charge in [-0.3, -0.25) is 4.90 Å². The van der Waals surface area contributed by atoms with E-state index in [0.717, 1.165) is 35.2 Å². The standard InChI is InChI=1S/C26H24ClNO/c1-28(18-24-16-17-26(29-24)22-12-14-23(27)15-13-22)19-25(20-8-4-2-5-9-20)21-10-6-3-7-11-21/h2-17,25H,18-19H2,1H3. The van der Waals surface area contributed by atoms with Crippen LogP contribution in [-0.4, -0.2) is 18.5 Å². The molecule has 1 heterocycles. The molecule has 0 saturated heterocycles. The SMILES string of the molecule is CN(Cc1ccc(-c2ccc(Cl)cc2)o1)CC(c1ccccc1)c1ccccc1. The largest absolute Gasteiger partial charge is 0.460 e. The van der Waals surface area contributed by atoms with Crippen LogP contribution in [0.25, 0.3) is 11.3 Å². The second-order valence-electron chi connectivity index (χ2n) is 7.34. The van der Waals surface area contributed by atoms with Crippen LogP contribution in [0.5, 0.6) is 0 Å². The van der Waals surface area contributed by atoms with E-state index in [9.17, 15) is 0 Å². The van der Waals surface area contributed by atoms with Crippen molar-refractivity contribution in [1.82, 2.24) is 4.90 Å². The van der Waals surface area contributed by atoms with Crippen LogP contribution in [0.1, 0.15) is 22.8 Å². The average Bonchev–Trinajstić information content (AvgIpc) is 3.22. The molecule has 2 nitrogen and oxygen atoms in total. The quantitative estimate of drug-likeness (QED) is 0.336. The first kappa shape index (κ1) is 19.5. The Hall–Kier alpha value is -2.81. The number of halogens is 1. The number of hydrogen-bond acceptors (Lipinski definition) is 2. The molecule has 0 atom stereocenters. The minimum absolute atomic E-state index is 0.313. The summed E-state index contributed by atoms with van der Waals surface area (Å²) in [6.07, 6.45) is 0. The van der Waals surface area contributed by atoms with Crippen LogP contribution < -0.4 is 0 Å². The van der Waals surface area contributed by atoms with Crippen LogP contribution in [-0.2, 0) is 6.54 Å². The summed E-state index contributed by atoms with van der Waals surface area (Å²) in [5.41, 5.74) is 3.69. The third-order valence-electron chi connectivity index (χ3n) is 5.11. The van der Waals surface area contributed by atoms with E-state index in [1.54, 1.807) is 0 Å². The Morgan fingerprint density at radius 2 is 1.34 bits per heavy atom. The molecule has 0 aliphatic rings. The molecule has 1 aromatic heterocycles. The summed E-state index contributed by atoms with van der Waals surface area (Å²) in [4.78, 5) is 2.31. The van der Waals surface area contributed by atoms with Crippen molar-refractivity contribution in [2.75, 3.05) is 13.6 Å². The second kappa shape index (κ2) is 9.13. The summed E-state index contributed by atoms with van der Waals surface area (Å²) < 4.78 is 6.09. The van der Waals surface area contributed by atoms with Crippen molar-refractivity contribution < 1.29 is 4.42 Å². The van der Waals surface area contributed by atoms with Crippen molar-refractivity contribution in [1.29, 1.82) is 0 Å². The lowest BCUT2D eigenvalue weighted by molar-refractivity contribution is 0.288. The zero-order valence-corrected chi connectivity index (χ0v) is 17.2. The molecule has 0 bridgehead atoms. The molecule has 146 valence electrons. The number of nitrogens with zero attached hydrogens (tertiary/aromatic N) is 1. The van der Waals surface area contributed by atoms with E-state index in [1.807, 2.05) is 30.3 Å². The molecule has 4 aromatic rings. The fraction of sp³-hybridized carbons (Fsp3) is 0.154. The number of likely N-dealkylation sites (N-methyl/N-ethyl adjacent to an activating group) is 1. The van der Waals surface area contributed by atoms with Gasteiger partial charge in [-0.1, -0.05) is 72.3 Å². The van der Waals surface area contributed by atoms with Crippen LogP contribution in [0.3, 0.4) is 0 Å². The summed E-state index contributed by atoms with van der Waals surface area (Å²) in [5.74, 6) is 2.14. The fourth-order valence-corrected chi connectivity index (χ4v) is 3.77. The maximum atomic E-state index is 6.09.